The number of nitrogens with zero attached hydrogens (tertiary/aromatic N) is 2. The van der Waals surface area contributed by atoms with Crippen molar-refractivity contribution in [1.82, 2.24) is 9.97 Å². The molecular weight excluding hydrogens is 378 g/mol. The van der Waals surface area contributed by atoms with Crippen LogP contribution in [0.25, 0.3) is 10.9 Å². The molecule has 0 unspecified atom stereocenters. The number of rotatable bonds is 8. The first-order valence-corrected chi connectivity index (χ1v) is 8.97. The third-order valence-corrected chi connectivity index (χ3v) is 4.18. The molecule has 9 heteroatoms. The van der Waals surface area contributed by atoms with Crippen molar-refractivity contribution in [3.63, 3.8) is 0 Å². The molecule has 1 aromatic heterocycles. The number of methoxy groups -OCH3 is 1. The van der Waals surface area contributed by atoms with Crippen LogP contribution < -0.4 is 24.3 Å². The predicted octanol–water partition coefficient (Wildman–Crippen LogP) is 2.79. The number of nitrogens with one attached hydrogen (secondary N) is 1. The molecule has 0 spiro atoms. The summed E-state index contributed by atoms with van der Waals surface area (Å²) in [5, 5.41) is 3.17. The van der Waals surface area contributed by atoms with E-state index in [9.17, 15) is 4.79 Å². The maximum atomic E-state index is 10.5. The Kier molecular flexibility index (Phi) is 5.57. The summed E-state index contributed by atoms with van der Waals surface area (Å²) in [7, 11) is 1.61. The fourth-order valence-corrected chi connectivity index (χ4v) is 2.90. The van der Waals surface area contributed by atoms with Crippen LogP contribution in [0.4, 0.5) is 5.69 Å². The van der Waals surface area contributed by atoms with Crippen molar-refractivity contribution >= 4 is 23.0 Å². The Morgan fingerprint density at radius 2 is 1.90 bits per heavy atom. The van der Waals surface area contributed by atoms with Gasteiger partial charge in [0, 0.05) is 18.9 Å². The van der Waals surface area contributed by atoms with Crippen LogP contribution in [0.5, 0.6) is 28.9 Å². The highest BCUT2D eigenvalue weighted by Crippen LogP contribution is 2.47. The van der Waals surface area contributed by atoms with Crippen molar-refractivity contribution in [2.45, 2.75) is 0 Å². The largest absolute Gasteiger partial charge is 0.487 e. The van der Waals surface area contributed by atoms with Crippen LogP contribution in [0.2, 0.25) is 0 Å². The Morgan fingerprint density at radius 1 is 1.10 bits per heavy atom. The molecule has 9 nitrogen and oxygen atoms in total. The molecular formula is C20H19N3O6. The molecule has 0 radical (unpaired) electrons. The number of anilines is 1. The lowest BCUT2D eigenvalue weighted by atomic mass is 10.1. The first-order chi connectivity index (χ1) is 14.3. The Bertz CT molecular complexity index is 1010. The van der Waals surface area contributed by atoms with Gasteiger partial charge in [-0.05, 0) is 24.3 Å². The summed E-state index contributed by atoms with van der Waals surface area (Å²) < 4.78 is 28.5. The Hall–Kier alpha value is -3.59. The minimum absolute atomic E-state index is 0.330. The lowest BCUT2D eigenvalue weighted by Gasteiger charge is -2.23. The summed E-state index contributed by atoms with van der Waals surface area (Å²) in [4.78, 5) is 19.1. The van der Waals surface area contributed by atoms with Crippen LogP contribution in [0, 0.1) is 0 Å². The standard InChI is InChI=1S/C20H19N3O6/c1-25-6-7-26-16-10-15-17(19-18(16)27-8-9-28-19)20(22-11-21-15)29-14-4-2-13(3-5-14)23-12-24/h2-5,10-12H,6-9H2,1H3,(H,23,24). The molecule has 0 fully saturated rings. The minimum Gasteiger partial charge on any atom is -0.487 e. The van der Waals surface area contributed by atoms with Gasteiger partial charge < -0.3 is 29.0 Å². The number of ether oxygens (including phenoxy) is 5. The molecule has 0 aliphatic carbocycles. The van der Waals surface area contributed by atoms with E-state index < -0.39 is 0 Å². The van der Waals surface area contributed by atoms with Gasteiger partial charge in [-0.1, -0.05) is 0 Å². The average molecular weight is 397 g/mol. The van der Waals surface area contributed by atoms with Gasteiger partial charge >= 0.3 is 0 Å². The van der Waals surface area contributed by atoms with Crippen LogP contribution in [0.1, 0.15) is 0 Å². The van der Waals surface area contributed by atoms with Crippen LogP contribution in [-0.2, 0) is 9.53 Å². The minimum atomic E-state index is 0.330. The zero-order valence-electron chi connectivity index (χ0n) is 15.7. The zero-order chi connectivity index (χ0) is 20.1. The molecule has 3 aromatic rings. The van der Waals surface area contributed by atoms with Crippen molar-refractivity contribution in [3.8, 4) is 28.9 Å². The number of carbonyl (C=O) groups is 1. The molecule has 4 rings (SSSR count). The third kappa shape index (κ3) is 3.99. The van der Waals surface area contributed by atoms with Crippen LogP contribution in [-0.4, -0.2) is 49.9 Å². The highest BCUT2D eigenvalue weighted by molar-refractivity contribution is 5.94. The van der Waals surface area contributed by atoms with Gasteiger partial charge in [0.15, 0.2) is 11.5 Å². The smallest absolute Gasteiger partial charge is 0.234 e. The lowest BCUT2D eigenvalue weighted by Crippen LogP contribution is -2.17. The van der Waals surface area contributed by atoms with Crippen LogP contribution >= 0.6 is 0 Å². The van der Waals surface area contributed by atoms with Crippen molar-refractivity contribution in [3.05, 3.63) is 36.7 Å². The van der Waals surface area contributed by atoms with E-state index >= 15 is 0 Å². The van der Waals surface area contributed by atoms with E-state index in [-0.39, 0.29) is 0 Å². The zero-order valence-corrected chi connectivity index (χ0v) is 15.7. The summed E-state index contributed by atoms with van der Waals surface area (Å²) in [5.41, 5.74) is 1.26. The first kappa shape index (κ1) is 18.8. The maximum absolute atomic E-state index is 10.5. The number of carbonyl (C=O) groups excluding carboxylic acids is 1. The Balaban J connectivity index is 1.72. The fraction of sp³-hybridized carbons (Fsp3) is 0.250. The van der Waals surface area contributed by atoms with Gasteiger partial charge in [-0.2, -0.15) is 0 Å². The topological polar surface area (TPSA) is 101 Å². The molecule has 0 saturated carbocycles. The van der Waals surface area contributed by atoms with Crippen molar-refractivity contribution in [2.75, 3.05) is 38.9 Å². The SMILES string of the molecule is COCCOc1cc2ncnc(Oc3ccc(NC=O)cc3)c2c2c1OCCO2. The van der Waals surface area contributed by atoms with Crippen molar-refractivity contribution in [1.29, 1.82) is 0 Å². The van der Waals surface area contributed by atoms with Gasteiger partial charge in [0.1, 0.15) is 37.3 Å². The normalized spacial score (nSPS) is 12.4. The van der Waals surface area contributed by atoms with Crippen molar-refractivity contribution in [2.24, 2.45) is 0 Å². The second-order valence-electron chi connectivity index (χ2n) is 6.03. The maximum Gasteiger partial charge on any atom is 0.234 e. The van der Waals surface area contributed by atoms with Crippen molar-refractivity contribution < 1.29 is 28.5 Å². The summed E-state index contributed by atoms with van der Waals surface area (Å²) in [6.45, 7) is 1.62. The number of aromatic nitrogens is 2. The van der Waals surface area contributed by atoms with E-state index in [4.69, 9.17) is 23.7 Å². The summed E-state index contributed by atoms with van der Waals surface area (Å²) >= 11 is 0. The predicted molar refractivity (Wildman–Crippen MR) is 104 cm³/mol. The second-order valence-corrected chi connectivity index (χ2v) is 6.03. The fourth-order valence-electron chi connectivity index (χ4n) is 2.90. The molecule has 1 aliphatic heterocycles. The van der Waals surface area contributed by atoms with E-state index in [1.54, 1.807) is 37.4 Å². The van der Waals surface area contributed by atoms with Crippen LogP contribution in [0.15, 0.2) is 36.7 Å². The van der Waals surface area contributed by atoms with E-state index in [2.05, 4.69) is 15.3 Å². The van der Waals surface area contributed by atoms with Crippen LogP contribution in [0.3, 0.4) is 0 Å². The molecule has 1 aliphatic rings. The number of hydrogen-bond donors (Lipinski definition) is 1. The van der Waals surface area contributed by atoms with E-state index in [1.807, 2.05) is 0 Å². The molecule has 0 saturated heterocycles. The average Bonchev–Trinajstić information content (AvgIpc) is 2.75. The molecule has 0 atom stereocenters. The summed E-state index contributed by atoms with van der Waals surface area (Å²) in [5.74, 6) is 2.38. The molecule has 29 heavy (non-hydrogen) atoms. The highest BCUT2D eigenvalue weighted by atomic mass is 16.6. The molecule has 2 heterocycles. The van der Waals surface area contributed by atoms with Gasteiger partial charge in [0.2, 0.25) is 18.0 Å². The lowest BCUT2D eigenvalue weighted by molar-refractivity contribution is -0.105. The number of fused-ring (bicyclic) bond motifs is 3. The molecule has 1 N–H and O–H groups in total. The van der Waals surface area contributed by atoms with Gasteiger partial charge in [-0.15, -0.1) is 0 Å². The second kappa shape index (κ2) is 8.61. The van der Waals surface area contributed by atoms with E-state index in [1.165, 1.54) is 6.33 Å². The summed E-state index contributed by atoms with van der Waals surface area (Å²) in [6.07, 6.45) is 2.03. The van der Waals surface area contributed by atoms with Gasteiger partial charge in [0.05, 0.1) is 12.1 Å². The molecule has 0 bridgehead atoms. The van der Waals surface area contributed by atoms with Gasteiger partial charge in [-0.25, -0.2) is 9.97 Å². The molecule has 2 aromatic carbocycles. The number of amides is 1. The molecule has 1 amide bonds. The Morgan fingerprint density at radius 3 is 2.66 bits per heavy atom. The first-order valence-electron chi connectivity index (χ1n) is 8.97. The molecule has 150 valence electrons. The number of benzene rings is 2. The Labute approximate surface area is 166 Å². The van der Waals surface area contributed by atoms with Gasteiger partial charge in [0.25, 0.3) is 0 Å². The van der Waals surface area contributed by atoms with Gasteiger partial charge in [-0.3, -0.25) is 4.79 Å². The highest BCUT2D eigenvalue weighted by Gasteiger charge is 2.25. The van der Waals surface area contributed by atoms with E-state index in [0.717, 1.165) is 0 Å². The number of hydrogen-bond acceptors (Lipinski definition) is 8. The summed E-state index contributed by atoms with van der Waals surface area (Å²) in [6, 6.07) is 8.68. The monoisotopic (exact) mass is 397 g/mol. The third-order valence-electron chi connectivity index (χ3n) is 4.18. The quantitative estimate of drug-likeness (QED) is 0.457. The van der Waals surface area contributed by atoms with E-state index in [0.29, 0.717) is 78.3 Å².